The van der Waals surface area contributed by atoms with Gasteiger partial charge >= 0.3 is 0 Å². The zero-order valence-electron chi connectivity index (χ0n) is 10.3. The first-order valence-electron chi connectivity index (χ1n) is 5.85. The van der Waals surface area contributed by atoms with Gasteiger partial charge in [0.15, 0.2) is 0 Å². The van der Waals surface area contributed by atoms with Crippen molar-refractivity contribution in [2.24, 2.45) is 0 Å². The van der Waals surface area contributed by atoms with Crippen molar-refractivity contribution in [1.29, 1.82) is 0 Å². The fourth-order valence-electron chi connectivity index (χ4n) is 1.98. The number of aryl methyl sites for hydroxylation is 1. The van der Waals surface area contributed by atoms with E-state index in [9.17, 15) is 18.3 Å². The fourth-order valence-corrected chi connectivity index (χ4v) is 1.98. The Hall–Kier alpha value is -1.81. The van der Waals surface area contributed by atoms with Gasteiger partial charge in [-0.2, -0.15) is 0 Å². The fraction of sp³-hybridized carbons (Fsp3) is 0.200. The van der Waals surface area contributed by atoms with Crippen LogP contribution in [0.15, 0.2) is 36.4 Å². The van der Waals surface area contributed by atoms with Gasteiger partial charge in [-0.15, -0.1) is 0 Å². The molecule has 1 N–H and O–H groups in total. The van der Waals surface area contributed by atoms with E-state index in [2.05, 4.69) is 0 Å². The Morgan fingerprint density at radius 1 is 0.947 bits per heavy atom. The van der Waals surface area contributed by atoms with Gasteiger partial charge in [-0.25, -0.2) is 13.2 Å². The molecule has 0 aliphatic heterocycles. The van der Waals surface area contributed by atoms with Crippen molar-refractivity contribution in [2.45, 2.75) is 19.4 Å². The van der Waals surface area contributed by atoms with Crippen LogP contribution in [0.1, 0.15) is 22.8 Å². The molecule has 0 aromatic heterocycles. The van der Waals surface area contributed by atoms with Gasteiger partial charge in [-0.1, -0.05) is 6.07 Å². The van der Waals surface area contributed by atoms with Crippen molar-refractivity contribution in [3.05, 3.63) is 70.5 Å². The molecule has 2 aromatic carbocycles. The van der Waals surface area contributed by atoms with Gasteiger partial charge in [0, 0.05) is 12.5 Å². The smallest absolute Gasteiger partial charge is 0.126 e. The molecule has 0 amide bonds. The number of hydrogen-bond acceptors (Lipinski definition) is 1. The van der Waals surface area contributed by atoms with Crippen molar-refractivity contribution in [1.82, 2.24) is 0 Å². The minimum Gasteiger partial charge on any atom is -0.388 e. The Labute approximate surface area is 109 Å². The summed E-state index contributed by atoms with van der Waals surface area (Å²) in [6.45, 7) is 1.72. The molecule has 0 aliphatic rings. The highest BCUT2D eigenvalue weighted by Crippen LogP contribution is 2.22. The molecule has 1 unspecified atom stereocenters. The summed E-state index contributed by atoms with van der Waals surface area (Å²) in [5.74, 6) is -1.82. The van der Waals surface area contributed by atoms with E-state index in [1.54, 1.807) is 13.0 Å². The SMILES string of the molecule is Cc1cc(F)ccc1CC(O)c1cc(F)cc(F)c1. The van der Waals surface area contributed by atoms with Crippen LogP contribution < -0.4 is 0 Å². The highest BCUT2D eigenvalue weighted by atomic mass is 19.1. The van der Waals surface area contributed by atoms with Gasteiger partial charge in [0.05, 0.1) is 6.10 Å². The van der Waals surface area contributed by atoms with E-state index in [0.29, 0.717) is 5.56 Å². The predicted octanol–water partition coefficient (Wildman–Crippen LogP) is 3.69. The molecular formula is C15H13F3O. The first-order chi connectivity index (χ1) is 8.95. The molecule has 0 saturated carbocycles. The minimum atomic E-state index is -1.03. The normalized spacial score (nSPS) is 12.5. The first-order valence-corrected chi connectivity index (χ1v) is 5.85. The van der Waals surface area contributed by atoms with Crippen LogP contribution in [0.25, 0.3) is 0 Å². The molecule has 0 fully saturated rings. The quantitative estimate of drug-likeness (QED) is 0.898. The van der Waals surface area contributed by atoms with Gasteiger partial charge in [0.25, 0.3) is 0 Å². The van der Waals surface area contributed by atoms with Crippen molar-refractivity contribution < 1.29 is 18.3 Å². The van der Waals surface area contributed by atoms with Crippen molar-refractivity contribution in [3.63, 3.8) is 0 Å². The lowest BCUT2D eigenvalue weighted by atomic mass is 9.98. The molecule has 0 saturated heterocycles. The summed E-state index contributed by atoms with van der Waals surface area (Å²) in [4.78, 5) is 0. The molecular weight excluding hydrogens is 253 g/mol. The first kappa shape index (κ1) is 13.6. The Bertz CT molecular complexity index is 576. The van der Waals surface area contributed by atoms with E-state index in [1.165, 1.54) is 12.1 Å². The molecule has 100 valence electrons. The Kier molecular flexibility index (Phi) is 3.90. The van der Waals surface area contributed by atoms with Gasteiger partial charge < -0.3 is 5.11 Å². The van der Waals surface area contributed by atoms with E-state index in [0.717, 1.165) is 23.8 Å². The lowest BCUT2D eigenvalue weighted by Gasteiger charge is -2.13. The predicted molar refractivity (Wildman–Crippen MR) is 66.2 cm³/mol. The van der Waals surface area contributed by atoms with Gasteiger partial charge in [0.2, 0.25) is 0 Å². The highest BCUT2D eigenvalue weighted by Gasteiger charge is 2.13. The number of aliphatic hydroxyl groups excluding tert-OH is 1. The summed E-state index contributed by atoms with van der Waals surface area (Å²) >= 11 is 0. The lowest BCUT2D eigenvalue weighted by Crippen LogP contribution is -2.04. The molecule has 0 spiro atoms. The molecule has 2 rings (SSSR count). The van der Waals surface area contributed by atoms with Gasteiger partial charge in [0.1, 0.15) is 17.5 Å². The largest absolute Gasteiger partial charge is 0.388 e. The maximum absolute atomic E-state index is 13.1. The van der Waals surface area contributed by atoms with Gasteiger partial charge in [-0.05, 0) is 47.9 Å². The standard InChI is InChI=1S/C15H13F3O/c1-9-4-12(16)3-2-10(9)7-15(19)11-5-13(17)8-14(18)6-11/h2-6,8,15,19H,7H2,1H3. The average molecular weight is 266 g/mol. The molecule has 1 atom stereocenters. The summed E-state index contributed by atoms with van der Waals surface area (Å²) in [6.07, 6.45) is -0.857. The lowest BCUT2D eigenvalue weighted by molar-refractivity contribution is 0.177. The Morgan fingerprint density at radius 3 is 2.16 bits per heavy atom. The van der Waals surface area contributed by atoms with Crippen molar-refractivity contribution in [3.8, 4) is 0 Å². The number of aliphatic hydroxyl groups is 1. The van der Waals surface area contributed by atoms with Crippen LogP contribution in [0, 0.1) is 24.4 Å². The molecule has 0 heterocycles. The van der Waals surface area contributed by atoms with Crippen LogP contribution in [0.5, 0.6) is 0 Å². The molecule has 19 heavy (non-hydrogen) atoms. The number of halogens is 3. The van der Waals surface area contributed by atoms with Crippen LogP contribution in [-0.2, 0) is 6.42 Å². The molecule has 0 bridgehead atoms. The van der Waals surface area contributed by atoms with Crippen LogP contribution in [-0.4, -0.2) is 5.11 Å². The average Bonchev–Trinajstić information content (AvgIpc) is 2.31. The molecule has 0 aliphatic carbocycles. The number of hydrogen-bond donors (Lipinski definition) is 1. The third kappa shape index (κ3) is 3.35. The van der Waals surface area contributed by atoms with Gasteiger partial charge in [-0.3, -0.25) is 0 Å². The highest BCUT2D eigenvalue weighted by molar-refractivity contribution is 5.29. The second-order valence-electron chi connectivity index (χ2n) is 4.49. The van der Waals surface area contributed by atoms with E-state index >= 15 is 0 Å². The monoisotopic (exact) mass is 266 g/mol. The molecule has 0 radical (unpaired) electrons. The van der Waals surface area contributed by atoms with Crippen LogP contribution in [0.3, 0.4) is 0 Å². The van der Waals surface area contributed by atoms with Crippen molar-refractivity contribution in [2.75, 3.05) is 0 Å². The maximum Gasteiger partial charge on any atom is 0.126 e. The zero-order valence-corrected chi connectivity index (χ0v) is 10.3. The third-order valence-corrected chi connectivity index (χ3v) is 2.99. The van der Waals surface area contributed by atoms with Crippen LogP contribution in [0.2, 0.25) is 0 Å². The van der Waals surface area contributed by atoms with E-state index in [4.69, 9.17) is 0 Å². The molecule has 2 aromatic rings. The molecule has 1 nitrogen and oxygen atoms in total. The summed E-state index contributed by atoms with van der Waals surface area (Å²) in [5, 5.41) is 9.99. The maximum atomic E-state index is 13.1. The second kappa shape index (κ2) is 5.45. The minimum absolute atomic E-state index is 0.168. The van der Waals surface area contributed by atoms with E-state index in [-0.39, 0.29) is 17.8 Å². The molecule has 4 heteroatoms. The second-order valence-corrected chi connectivity index (χ2v) is 4.49. The van der Waals surface area contributed by atoms with E-state index in [1.807, 2.05) is 0 Å². The summed E-state index contributed by atoms with van der Waals surface area (Å²) in [7, 11) is 0. The number of rotatable bonds is 3. The third-order valence-electron chi connectivity index (χ3n) is 2.99. The summed E-state index contributed by atoms with van der Waals surface area (Å²) in [5.41, 5.74) is 1.59. The van der Waals surface area contributed by atoms with E-state index < -0.39 is 17.7 Å². The van der Waals surface area contributed by atoms with Crippen LogP contribution >= 0.6 is 0 Å². The van der Waals surface area contributed by atoms with Crippen LogP contribution in [0.4, 0.5) is 13.2 Å². The Morgan fingerprint density at radius 2 is 1.58 bits per heavy atom. The zero-order chi connectivity index (χ0) is 14.0. The topological polar surface area (TPSA) is 20.2 Å². The number of benzene rings is 2. The van der Waals surface area contributed by atoms with Crippen molar-refractivity contribution >= 4 is 0 Å². The summed E-state index contributed by atoms with van der Waals surface area (Å²) < 4.78 is 39.1. The Balaban J connectivity index is 2.22. The summed E-state index contributed by atoms with van der Waals surface area (Å²) in [6, 6.07) is 7.14.